The van der Waals surface area contributed by atoms with Gasteiger partial charge in [-0.15, -0.1) is 0 Å². The quantitative estimate of drug-likeness (QED) is 0.0248. The molecule has 456 valence electrons. The molecular formula is C72H118BO7P. The van der Waals surface area contributed by atoms with Crippen LogP contribution >= 0.6 is 6.83 Å². The zero-order valence-electron chi connectivity index (χ0n) is 53.1. The fraction of sp³-hybridized carbons (Fsp3) is 0.667. The second kappa shape index (κ2) is 43.1. The van der Waals surface area contributed by atoms with Gasteiger partial charge in [0.15, 0.2) is 0 Å². The molecule has 0 aliphatic carbocycles. The zero-order valence-corrected chi connectivity index (χ0v) is 54.0. The topological polar surface area (TPSA) is 64.6 Å². The number of hydrogen-bond donors (Lipinski definition) is 0. The van der Waals surface area contributed by atoms with Crippen molar-refractivity contribution in [1.29, 1.82) is 0 Å². The number of unbranched alkanes of at least 4 members (excludes halogenated alkanes) is 20. The van der Waals surface area contributed by atoms with Crippen molar-refractivity contribution in [2.75, 3.05) is 66.3 Å². The van der Waals surface area contributed by atoms with E-state index in [1.807, 2.05) is 0 Å². The molecule has 0 fully saturated rings. The van der Waals surface area contributed by atoms with E-state index in [2.05, 4.69) is 125 Å². The minimum atomic E-state index is -2.90. The number of methoxy groups -OCH3 is 4. The van der Waals surface area contributed by atoms with Gasteiger partial charge < -0.3 is 18.9 Å². The van der Waals surface area contributed by atoms with Gasteiger partial charge in [0.05, 0.1) is 28.4 Å². The van der Waals surface area contributed by atoms with Crippen molar-refractivity contribution in [3.8, 4) is 23.0 Å². The molecule has 0 bridgehead atoms. The standard InChI is InChI=1S/C72H118BO7P/c1-9-13-17-21-25-29-55-81(56-30-26-22-18-14-10-2,57-31-27-23-19-15-11-3,58-32-28-24-20-16-12-4)80-73(78-53-33-35-67(59-63-37-45-69(74-5)46-38-63)60-64-39-47-70(75-6)48-40-64)79-54-34-36-68(61-65-41-49-71(76-7)50-42-65)62-66-43-51-72(77-8)52-44-66/h37-52,67-68H,9-36,53-62H2,1-8H3. The minimum absolute atomic E-state index is 0.434. The van der Waals surface area contributed by atoms with E-state index in [1.165, 1.54) is 201 Å². The van der Waals surface area contributed by atoms with Crippen molar-refractivity contribution in [1.82, 2.24) is 0 Å². The van der Waals surface area contributed by atoms with E-state index in [4.69, 9.17) is 32.7 Å². The van der Waals surface area contributed by atoms with Gasteiger partial charge in [-0.2, -0.15) is 0 Å². The Bertz CT molecular complexity index is 1810. The van der Waals surface area contributed by atoms with Gasteiger partial charge in [-0.05, 0) is 0 Å². The van der Waals surface area contributed by atoms with Crippen LogP contribution in [0.2, 0.25) is 0 Å². The second-order valence-corrected chi connectivity index (χ2v) is 29.9. The Morgan fingerprint density at radius 2 is 0.543 bits per heavy atom. The van der Waals surface area contributed by atoms with E-state index in [9.17, 15) is 0 Å². The Kier molecular flexibility index (Phi) is 37.2. The first-order valence-corrected chi connectivity index (χ1v) is 36.1. The van der Waals surface area contributed by atoms with E-state index in [-0.39, 0.29) is 0 Å². The molecule has 0 unspecified atom stereocenters. The second-order valence-electron chi connectivity index (χ2n) is 24.2. The van der Waals surface area contributed by atoms with Crippen LogP contribution in [0.5, 0.6) is 23.0 Å². The molecule has 81 heavy (non-hydrogen) atoms. The molecule has 0 heterocycles. The van der Waals surface area contributed by atoms with Crippen LogP contribution in [0.15, 0.2) is 97.1 Å². The molecule has 9 heteroatoms. The molecule has 0 saturated heterocycles. The zero-order chi connectivity index (χ0) is 57.9. The van der Waals surface area contributed by atoms with Gasteiger partial charge in [0, 0.05) is 0 Å². The third kappa shape index (κ3) is 29.2. The summed E-state index contributed by atoms with van der Waals surface area (Å²) in [5, 5.41) is 0. The molecule has 0 radical (unpaired) electrons. The van der Waals surface area contributed by atoms with Crippen molar-refractivity contribution in [3.05, 3.63) is 119 Å². The monoisotopic (exact) mass is 1140 g/mol. The third-order valence-electron chi connectivity index (χ3n) is 17.4. The molecule has 4 rings (SSSR count). The van der Waals surface area contributed by atoms with Gasteiger partial charge in [0.25, 0.3) is 0 Å². The molecule has 0 amide bonds. The van der Waals surface area contributed by atoms with Crippen LogP contribution in [0.3, 0.4) is 0 Å². The van der Waals surface area contributed by atoms with E-state index < -0.39 is 14.2 Å². The molecule has 0 N–H and O–H groups in total. The first-order valence-electron chi connectivity index (χ1n) is 33.2. The molecule has 0 saturated carbocycles. The number of benzene rings is 4. The van der Waals surface area contributed by atoms with Gasteiger partial charge in [0.1, 0.15) is 0 Å². The maximum atomic E-state index is 8.26. The molecule has 0 aliphatic rings. The Labute approximate surface area is 498 Å². The molecule has 7 nitrogen and oxygen atoms in total. The molecule has 0 aromatic heterocycles. The van der Waals surface area contributed by atoms with Gasteiger partial charge in [-0.3, -0.25) is 0 Å². The Balaban J connectivity index is 1.71. The first kappa shape index (κ1) is 69.9. The van der Waals surface area contributed by atoms with Gasteiger partial charge in [-0.1, -0.05) is 0 Å². The third-order valence-corrected chi connectivity index (χ3v) is 24.0. The van der Waals surface area contributed by atoms with Crippen LogP contribution in [0, 0.1) is 11.8 Å². The van der Waals surface area contributed by atoms with Gasteiger partial charge in [-0.25, -0.2) is 0 Å². The molecule has 0 aliphatic heterocycles. The summed E-state index contributed by atoms with van der Waals surface area (Å²) in [6.07, 6.45) is 44.1. The van der Waals surface area contributed by atoms with Gasteiger partial charge >= 0.3 is 453 Å². The van der Waals surface area contributed by atoms with Crippen molar-refractivity contribution < 1.29 is 32.7 Å². The number of rotatable bonds is 52. The molecule has 4 aromatic carbocycles. The van der Waals surface area contributed by atoms with Crippen molar-refractivity contribution in [2.45, 2.75) is 233 Å². The van der Waals surface area contributed by atoms with Crippen LogP contribution in [0.1, 0.15) is 230 Å². The molecule has 0 spiro atoms. The van der Waals surface area contributed by atoms with Crippen LogP contribution in [-0.4, -0.2) is 73.6 Å². The van der Waals surface area contributed by atoms with Crippen molar-refractivity contribution in [3.63, 3.8) is 0 Å². The summed E-state index contributed by atoms with van der Waals surface area (Å²) < 4.78 is 45.0. The number of ether oxygens (including phenoxy) is 4. The Morgan fingerprint density at radius 1 is 0.309 bits per heavy atom. The first-order chi connectivity index (χ1) is 39.7. The fourth-order valence-electron chi connectivity index (χ4n) is 12.4. The summed E-state index contributed by atoms with van der Waals surface area (Å²) >= 11 is 0. The average molecular weight is 1140 g/mol. The summed E-state index contributed by atoms with van der Waals surface area (Å²) in [5.41, 5.74) is 5.35. The summed E-state index contributed by atoms with van der Waals surface area (Å²) in [6, 6.07) is 34.7. The summed E-state index contributed by atoms with van der Waals surface area (Å²) in [5.74, 6) is 4.45. The molecule has 0 atom stereocenters. The van der Waals surface area contributed by atoms with E-state index in [0.717, 1.165) is 74.4 Å². The summed E-state index contributed by atoms with van der Waals surface area (Å²) in [4.78, 5) is 0. The van der Waals surface area contributed by atoms with E-state index >= 15 is 0 Å². The average Bonchev–Trinajstić information content (AvgIpc) is 3.60. The number of hydrogen-bond acceptors (Lipinski definition) is 7. The summed E-state index contributed by atoms with van der Waals surface area (Å²) in [6.45, 7) is 7.67. The summed E-state index contributed by atoms with van der Waals surface area (Å²) in [7, 11) is 6.30. The normalized spacial score (nSPS) is 12.2. The van der Waals surface area contributed by atoms with E-state index in [1.54, 1.807) is 28.4 Å². The fourth-order valence-corrected chi connectivity index (χ4v) is 18.9. The van der Waals surface area contributed by atoms with Gasteiger partial charge in [0.2, 0.25) is 0 Å². The maximum absolute atomic E-state index is 8.26. The predicted molar refractivity (Wildman–Crippen MR) is 351 cm³/mol. The van der Waals surface area contributed by atoms with E-state index in [0.29, 0.717) is 25.0 Å². The van der Waals surface area contributed by atoms with Crippen LogP contribution in [0.4, 0.5) is 0 Å². The van der Waals surface area contributed by atoms with Crippen molar-refractivity contribution >= 4 is 14.2 Å². The molecular weight excluding hydrogens is 1020 g/mol. The van der Waals surface area contributed by atoms with Crippen LogP contribution in [-0.2, 0) is 39.4 Å². The Morgan fingerprint density at radius 3 is 0.778 bits per heavy atom. The SMILES string of the molecule is CCCCCCCCP(CCCCCCCC)(CCCCCCCC)(CCCCCCCC)OB(OCCCC(Cc1ccc(OC)cc1)Cc1ccc(OC)cc1)OCCCC(Cc1ccc(OC)cc1)Cc1ccc(OC)cc1. The van der Waals surface area contributed by atoms with Crippen LogP contribution < -0.4 is 18.9 Å². The molecule has 4 aromatic rings. The van der Waals surface area contributed by atoms with Crippen LogP contribution in [0.25, 0.3) is 0 Å². The van der Waals surface area contributed by atoms with Crippen molar-refractivity contribution in [2.24, 2.45) is 11.8 Å². The Hall–Kier alpha value is -3.55. The predicted octanol–water partition coefficient (Wildman–Crippen LogP) is 20.7.